The van der Waals surface area contributed by atoms with E-state index in [1.54, 1.807) is 61.8 Å². The molecule has 0 fully saturated rings. The zero-order chi connectivity index (χ0) is 97.3. The van der Waals surface area contributed by atoms with E-state index < -0.39 is 23.5 Å². The lowest BCUT2D eigenvalue weighted by molar-refractivity contribution is -0.138. The van der Waals surface area contributed by atoms with Gasteiger partial charge in [-0.1, -0.05) is 284 Å². The van der Waals surface area contributed by atoms with Gasteiger partial charge in [0.1, 0.15) is 5.82 Å². The maximum absolute atomic E-state index is 12.7. The molecule has 134 heavy (non-hydrogen) atoms. The van der Waals surface area contributed by atoms with Gasteiger partial charge in [0, 0.05) is 119 Å². The second kappa shape index (κ2) is 51.1. The molecule has 8 aromatic heterocycles. The van der Waals surface area contributed by atoms with E-state index in [0.717, 1.165) is 158 Å². The molecule has 0 atom stereocenters. The van der Waals surface area contributed by atoms with Crippen molar-refractivity contribution >= 4 is 58.0 Å². The Morgan fingerprint density at radius 2 is 0.478 bits per heavy atom. The first kappa shape index (κ1) is 105. The van der Waals surface area contributed by atoms with Gasteiger partial charge in [-0.15, -0.1) is 0 Å². The van der Waals surface area contributed by atoms with E-state index in [1.165, 1.54) is 24.4 Å². The lowest BCUT2D eigenvalue weighted by atomic mass is 10.1. The molecule has 0 aliphatic heterocycles. The van der Waals surface area contributed by atoms with Crippen molar-refractivity contribution in [1.82, 2.24) is 79.7 Å². The molecule has 0 spiro atoms. The quantitative estimate of drug-likeness (QED) is 0.0825. The minimum absolute atomic E-state index is 0.179. The van der Waals surface area contributed by atoms with Crippen molar-refractivity contribution in [2.24, 2.45) is 0 Å². The average Bonchev–Trinajstić information content (AvgIpc) is 0.725. The van der Waals surface area contributed by atoms with Gasteiger partial charge in [-0.2, -0.15) is 26.3 Å². The Kier molecular flexibility index (Phi) is 40.1. The third kappa shape index (κ3) is 33.6. The van der Waals surface area contributed by atoms with Gasteiger partial charge >= 0.3 is 12.4 Å². The zero-order valence-corrected chi connectivity index (χ0v) is 81.4. The fourth-order valence-corrected chi connectivity index (χ4v) is 12.8. The summed E-state index contributed by atoms with van der Waals surface area (Å²) >= 11 is 29.4. The summed E-state index contributed by atoms with van der Waals surface area (Å²) < 4.78 is 75.4. The van der Waals surface area contributed by atoms with E-state index >= 15 is 0 Å². The Labute approximate surface area is 806 Å². The van der Waals surface area contributed by atoms with Crippen molar-refractivity contribution in [3.05, 3.63) is 381 Å². The second-order valence-corrected chi connectivity index (χ2v) is 35.5. The summed E-state index contributed by atoms with van der Waals surface area (Å²) in [7, 11) is 0. The zero-order valence-electron chi connectivity index (χ0n) is 77.6. The van der Waals surface area contributed by atoms with E-state index in [9.17, 15) is 26.3 Å². The van der Waals surface area contributed by atoms with E-state index in [-0.39, 0.29) is 11.8 Å². The Hall–Kier alpha value is -12.6. The van der Waals surface area contributed by atoms with E-state index in [4.69, 9.17) is 58.0 Å². The Bertz CT molecular complexity index is 6320. The SMILES string of the molecule is CC(C)c1cnc(-c2ccc(Cl)cc2)cn1.CC(C)c1cnc(-c2cccc(Cl)c2)cn1.CC(C)c1cncc(-c2ccc(C(F)(F)F)cc2)n1.CC(C)c1cncc(-c2ccc(Cl)cc2)n1.CC(C)c1cncc(-c2cccc(C(F)(F)F)c2)n1.CC(C)c1cncc(-c2cccc(Cl)c2)n1.CC(C)c1cncc(-c2ccccc2)n1.Cc1nc(-c2ccc(Cl)cc2)cc(C(C)C)n1. The number of hydrogen-bond acceptors (Lipinski definition) is 16. The molecule has 27 heteroatoms. The maximum atomic E-state index is 12.7. The maximum Gasteiger partial charge on any atom is 0.416 e. The number of alkyl halides is 6. The fourth-order valence-electron chi connectivity index (χ4n) is 12.0. The number of rotatable bonds is 16. The molecular formula is C107H107Cl5F6N16. The van der Waals surface area contributed by atoms with Crippen LogP contribution in [0.5, 0.6) is 0 Å². The molecule has 692 valence electrons. The first-order valence-electron chi connectivity index (χ1n) is 43.5. The first-order valence-corrected chi connectivity index (χ1v) is 45.4. The largest absolute Gasteiger partial charge is 0.416 e. The van der Waals surface area contributed by atoms with Crippen LogP contribution in [0.2, 0.25) is 25.1 Å². The molecule has 16 nitrogen and oxygen atoms in total. The van der Waals surface area contributed by atoms with Crippen LogP contribution in [0.15, 0.2) is 293 Å². The van der Waals surface area contributed by atoms with Crippen LogP contribution in [-0.4, -0.2) is 79.7 Å². The van der Waals surface area contributed by atoms with Crippen LogP contribution < -0.4 is 0 Å². The molecule has 0 saturated heterocycles. The highest BCUT2D eigenvalue weighted by Gasteiger charge is 2.32. The van der Waals surface area contributed by atoms with Gasteiger partial charge in [0.15, 0.2) is 0 Å². The number of aromatic nitrogens is 16. The van der Waals surface area contributed by atoms with Crippen LogP contribution in [0.4, 0.5) is 26.3 Å². The van der Waals surface area contributed by atoms with Gasteiger partial charge in [0.2, 0.25) is 0 Å². The van der Waals surface area contributed by atoms with Gasteiger partial charge in [-0.3, -0.25) is 44.9 Å². The summed E-state index contributed by atoms with van der Waals surface area (Å²) in [5.41, 5.74) is 20.1. The van der Waals surface area contributed by atoms with Crippen molar-refractivity contribution in [2.75, 3.05) is 0 Å². The fraction of sp³-hybridized carbons (Fsp3) is 0.252. The smallest absolute Gasteiger partial charge is 0.261 e. The molecule has 16 aromatic rings. The van der Waals surface area contributed by atoms with Crippen molar-refractivity contribution in [3.63, 3.8) is 0 Å². The second-order valence-electron chi connectivity index (χ2n) is 33.3. The standard InChI is InChI=1S/C14H15ClN2.2C14H13F3N2.4C13H13ClN2.C13H14N2/c1-9(2)13-8-14(17-10(3)16-13)11-4-6-12(15)7-5-11;1-9(2)12-7-18-8-13(19-12)10-3-5-11(6-4-10)14(15,16)17;1-9(2)12-7-18-8-13(19-12)10-4-3-5-11(6-10)14(15,16)17;1-9(2)12-7-16-13(8-15-12)10-3-5-11(14)6-4-10;1-9(2)12-7-15-8-13(16-12)10-3-5-11(14)6-4-10;1-9(2)12-7-16-13(8-15-12)10-4-3-5-11(14)6-10;1-9(2)12-7-15-8-13(16-12)10-4-3-5-11(14)6-10;1-10(2)12-8-14-9-13(15-12)11-6-4-3-5-7-11/h4-9H,1-3H3;2*3-9H,1-2H3;4*3-9H,1-2H3;3-10H,1-2H3. The summed E-state index contributed by atoms with van der Waals surface area (Å²) in [4.78, 5) is 69.6. The van der Waals surface area contributed by atoms with Crippen LogP contribution in [0.25, 0.3) is 90.1 Å². The number of halogens is 11. The predicted octanol–water partition coefficient (Wildman–Crippen LogP) is 31.7. The minimum Gasteiger partial charge on any atom is -0.261 e. The normalized spacial score (nSPS) is 11.1. The van der Waals surface area contributed by atoms with E-state index in [1.807, 2.05) is 217 Å². The van der Waals surface area contributed by atoms with E-state index in [2.05, 4.69) is 163 Å². The van der Waals surface area contributed by atoms with Crippen LogP contribution in [0.1, 0.15) is 221 Å². The monoisotopic (exact) mass is 1900 g/mol. The molecular weight excluding hydrogens is 1800 g/mol. The van der Waals surface area contributed by atoms with Crippen molar-refractivity contribution in [3.8, 4) is 90.1 Å². The molecule has 0 radical (unpaired) electrons. The van der Waals surface area contributed by atoms with Gasteiger partial charge in [0.25, 0.3) is 0 Å². The Morgan fingerprint density at radius 3 is 0.791 bits per heavy atom. The number of benzene rings is 8. The molecule has 8 aromatic carbocycles. The molecule has 0 amide bonds. The van der Waals surface area contributed by atoms with Gasteiger partial charge in [0.05, 0.1) is 140 Å². The minimum atomic E-state index is -4.35. The van der Waals surface area contributed by atoms with Crippen molar-refractivity contribution < 1.29 is 26.3 Å². The molecule has 0 aliphatic carbocycles. The van der Waals surface area contributed by atoms with Crippen LogP contribution in [-0.2, 0) is 12.4 Å². The number of hydrogen-bond donors (Lipinski definition) is 0. The third-order valence-corrected chi connectivity index (χ3v) is 21.1. The van der Waals surface area contributed by atoms with Crippen LogP contribution >= 0.6 is 58.0 Å². The number of aryl methyl sites for hydroxylation is 1. The summed E-state index contributed by atoms with van der Waals surface area (Å²) in [6.07, 6.45) is 15.7. The molecule has 0 aliphatic rings. The third-order valence-electron chi connectivity index (χ3n) is 19.9. The van der Waals surface area contributed by atoms with Crippen LogP contribution in [0.3, 0.4) is 0 Å². The van der Waals surface area contributed by atoms with E-state index in [0.29, 0.717) is 68.1 Å². The highest BCUT2D eigenvalue weighted by atomic mass is 35.5. The highest BCUT2D eigenvalue weighted by Crippen LogP contribution is 2.35. The summed E-state index contributed by atoms with van der Waals surface area (Å²) in [6, 6.07) is 60.5. The average molecular weight is 1910 g/mol. The van der Waals surface area contributed by atoms with Crippen molar-refractivity contribution in [2.45, 2.75) is 177 Å². The molecule has 0 saturated carbocycles. The summed E-state index contributed by atoms with van der Waals surface area (Å²) in [6.45, 7) is 35.2. The molecule has 8 heterocycles. The Morgan fingerprint density at radius 1 is 0.201 bits per heavy atom. The summed E-state index contributed by atoms with van der Waals surface area (Å²) in [5.74, 6) is 3.62. The Balaban J connectivity index is 0.000000172. The topological polar surface area (TPSA) is 206 Å². The highest BCUT2D eigenvalue weighted by molar-refractivity contribution is 6.32. The molecule has 16 rings (SSSR count). The van der Waals surface area contributed by atoms with Gasteiger partial charge in [-0.25, -0.2) is 34.9 Å². The van der Waals surface area contributed by atoms with Gasteiger partial charge in [-0.05, 0) is 145 Å². The molecule has 0 unspecified atom stereocenters. The summed E-state index contributed by atoms with van der Waals surface area (Å²) in [5, 5.41) is 3.64. The lowest BCUT2D eigenvalue weighted by Crippen LogP contribution is -2.05. The van der Waals surface area contributed by atoms with Gasteiger partial charge < -0.3 is 0 Å². The molecule has 0 N–H and O–H groups in total. The molecule has 0 bridgehead atoms. The van der Waals surface area contributed by atoms with Crippen molar-refractivity contribution in [1.29, 1.82) is 0 Å². The first-order chi connectivity index (χ1) is 63.7. The lowest BCUT2D eigenvalue weighted by Gasteiger charge is -2.09. The number of nitrogens with zero attached hydrogens (tertiary/aromatic N) is 16. The van der Waals surface area contributed by atoms with Crippen LogP contribution in [0, 0.1) is 6.92 Å². The predicted molar refractivity (Wildman–Crippen MR) is 532 cm³/mol.